The summed E-state index contributed by atoms with van der Waals surface area (Å²) in [4.78, 5) is 12.4. The van der Waals surface area contributed by atoms with Crippen molar-refractivity contribution in [1.29, 1.82) is 0 Å². The van der Waals surface area contributed by atoms with E-state index in [1.54, 1.807) is 18.3 Å². The Bertz CT molecular complexity index is 597. The van der Waals surface area contributed by atoms with Gasteiger partial charge in [0.05, 0.1) is 13.0 Å². The lowest BCUT2D eigenvalue weighted by Gasteiger charge is -2.08. The molecule has 1 unspecified atom stereocenters. The molecule has 0 fully saturated rings. The molecule has 1 aromatic carbocycles. The van der Waals surface area contributed by atoms with E-state index < -0.39 is 0 Å². The molecule has 1 aromatic heterocycles. The van der Waals surface area contributed by atoms with Gasteiger partial charge < -0.3 is 10.5 Å². The number of benzene rings is 1. The van der Waals surface area contributed by atoms with Gasteiger partial charge in [0.25, 0.3) is 0 Å². The van der Waals surface area contributed by atoms with Gasteiger partial charge >= 0.3 is 5.97 Å². The van der Waals surface area contributed by atoms with Crippen molar-refractivity contribution in [2.24, 2.45) is 5.73 Å². The van der Waals surface area contributed by atoms with Crippen LogP contribution in [0.5, 0.6) is 0 Å². The van der Waals surface area contributed by atoms with E-state index >= 15 is 0 Å². The van der Waals surface area contributed by atoms with Gasteiger partial charge in [-0.1, -0.05) is 23.7 Å². The Morgan fingerprint density at radius 3 is 2.90 bits per heavy atom. The third-order valence-electron chi connectivity index (χ3n) is 2.84. The summed E-state index contributed by atoms with van der Waals surface area (Å²) in [7, 11) is 0. The van der Waals surface area contributed by atoms with Gasteiger partial charge in [0.1, 0.15) is 0 Å². The molecule has 20 heavy (non-hydrogen) atoms. The molecule has 0 saturated heterocycles. The number of carbonyl (C=O) groups is 1. The lowest BCUT2D eigenvalue weighted by Crippen LogP contribution is -2.16. The van der Waals surface area contributed by atoms with Crippen LogP contribution < -0.4 is 5.73 Å². The Balaban J connectivity index is 2.10. The maximum atomic E-state index is 11.4. The van der Waals surface area contributed by atoms with Gasteiger partial charge in [-0.25, -0.2) is 0 Å². The minimum absolute atomic E-state index is 0.198. The summed E-state index contributed by atoms with van der Waals surface area (Å²) in [6, 6.07) is 9.32. The normalized spacial score (nSPS) is 12.2. The van der Waals surface area contributed by atoms with Crippen molar-refractivity contribution in [2.45, 2.75) is 19.4 Å². The van der Waals surface area contributed by atoms with Crippen LogP contribution in [0.25, 0.3) is 11.1 Å². The van der Waals surface area contributed by atoms with E-state index in [0.717, 1.165) is 16.0 Å². The third-order valence-corrected chi connectivity index (χ3v) is 4.13. The number of carbonyl (C=O) groups excluding carboxylic acids is 1. The zero-order chi connectivity index (χ0) is 14.5. The average molecular weight is 310 g/mol. The summed E-state index contributed by atoms with van der Waals surface area (Å²) in [5.41, 5.74) is 8.14. The Labute approximate surface area is 127 Å². The van der Waals surface area contributed by atoms with Crippen molar-refractivity contribution >= 4 is 28.9 Å². The molecule has 1 heterocycles. The monoisotopic (exact) mass is 309 g/mol. The highest BCUT2D eigenvalue weighted by atomic mass is 35.5. The topological polar surface area (TPSA) is 52.3 Å². The second-order valence-corrected chi connectivity index (χ2v) is 5.74. The number of hydrogen-bond donors (Lipinski definition) is 1. The number of esters is 1. The van der Waals surface area contributed by atoms with Gasteiger partial charge in [-0.3, -0.25) is 4.79 Å². The minimum Gasteiger partial charge on any atom is -0.466 e. The standard InChI is InChI=1S/C15H16ClNO2S/c1-2-19-15(18)8-13(17)14-7-11(9-20-14)10-4-3-5-12(16)6-10/h3-7,9,13H,2,8,17H2,1H3. The number of hydrogen-bond acceptors (Lipinski definition) is 4. The first-order chi connectivity index (χ1) is 9.60. The highest BCUT2D eigenvalue weighted by Crippen LogP contribution is 2.30. The van der Waals surface area contributed by atoms with Gasteiger partial charge in [0.15, 0.2) is 0 Å². The fraction of sp³-hybridized carbons (Fsp3) is 0.267. The highest BCUT2D eigenvalue weighted by molar-refractivity contribution is 7.10. The van der Waals surface area contributed by atoms with E-state index in [2.05, 4.69) is 0 Å². The molecule has 0 aliphatic heterocycles. The Kier molecular flexibility index (Phi) is 5.17. The molecule has 0 aliphatic rings. The minimum atomic E-state index is -0.327. The maximum absolute atomic E-state index is 11.4. The molecule has 0 amide bonds. The van der Waals surface area contributed by atoms with Crippen LogP contribution in [-0.2, 0) is 9.53 Å². The number of nitrogens with two attached hydrogens (primary N) is 1. The molecule has 0 spiro atoms. The molecule has 2 rings (SSSR count). The largest absolute Gasteiger partial charge is 0.466 e. The molecule has 0 radical (unpaired) electrons. The molecular weight excluding hydrogens is 294 g/mol. The molecule has 3 nitrogen and oxygen atoms in total. The van der Waals surface area contributed by atoms with E-state index in [1.165, 1.54) is 0 Å². The van der Waals surface area contributed by atoms with Crippen LogP contribution in [0.2, 0.25) is 5.02 Å². The second-order valence-electron chi connectivity index (χ2n) is 4.36. The van der Waals surface area contributed by atoms with Gasteiger partial charge in [-0.05, 0) is 41.6 Å². The number of ether oxygens (including phenoxy) is 1. The fourth-order valence-corrected chi connectivity index (χ4v) is 2.98. The molecule has 2 aromatic rings. The predicted octanol–water partition coefficient (Wildman–Crippen LogP) is 4.02. The van der Waals surface area contributed by atoms with Gasteiger partial charge in [0.2, 0.25) is 0 Å². The SMILES string of the molecule is CCOC(=O)CC(N)c1cc(-c2cccc(Cl)c2)cs1. The third kappa shape index (κ3) is 3.82. The summed E-state index contributed by atoms with van der Waals surface area (Å²) in [5.74, 6) is -0.266. The summed E-state index contributed by atoms with van der Waals surface area (Å²) in [6.45, 7) is 2.16. The fourth-order valence-electron chi connectivity index (χ4n) is 1.87. The first-order valence-corrected chi connectivity index (χ1v) is 7.61. The van der Waals surface area contributed by atoms with Crippen LogP contribution in [0.1, 0.15) is 24.3 Å². The van der Waals surface area contributed by atoms with Crippen LogP contribution in [0.3, 0.4) is 0 Å². The second kappa shape index (κ2) is 6.88. The van der Waals surface area contributed by atoms with Crippen molar-refractivity contribution in [3.05, 3.63) is 45.6 Å². The van der Waals surface area contributed by atoms with Crippen molar-refractivity contribution in [1.82, 2.24) is 0 Å². The van der Waals surface area contributed by atoms with Crippen LogP contribution in [0.15, 0.2) is 35.7 Å². The average Bonchev–Trinajstić information content (AvgIpc) is 2.88. The van der Waals surface area contributed by atoms with Gasteiger partial charge in [-0.2, -0.15) is 0 Å². The van der Waals surface area contributed by atoms with E-state index in [-0.39, 0.29) is 18.4 Å². The van der Waals surface area contributed by atoms with Gasteiger partial charge in [0, 0.05) is 15.9 Å². The summed E-state index contributed by atoms with van der Waals surface area (Å²) in [6.07, 6.45) is 0.198. The van der Waals surface area contributed by atoms with Crippen LogP contribution in [0, 0.1) is 0 Å². The van der Waals surface area contributed by atoms with Crippen molar-refractivity contribution in [3.63, 3.8) is 0 Å². The molecule has 5 heteroatoms. The molecular formula is C15H16ClNO2S. The zero-order valence-corrected chi connectivity index (χ0v) is 12.7. The first kappa shape index (κ1) is 15.0. The number of thiophene rings is 1. The first-order valence-electron chi connectivity index (χ1n) is 6.35. The van der Waals surface area contributed by atoms with Crippen molar-refractivity contribution in [2.75, 3.05) is 6.61 Å². The van der Waals surface area contributed by atoms with E-state index in [9.17, 15) is 4.79 Å². The highest BCUT2D eigenvalue weighted by Gasteiger charge is 2.15. The summed E-state index contributed by atoms with van der Waals surface area (Å²) < 4.78 is 4.91. The maximum Gasteiger partial charge on any atom is 0.307 e. The lowest BCUT2D eigenvalue weighted by atomic mass is 10.1. The van der Waals surface area contributed by atoms with Crippen LogP contribution >= 0.6 is 22.9 Å². The molecule has 2 N–H and O–H groups in total. The molecule has 106 valence electrons. The quantitative estimate of drug-likeness (QED) is 0.849. The zero-order valence-electron chi connectivity index (χ0n) is 11.1. The van der Waals surface area contributed by atoms with Gasteiger partial charge in [-0.15, -0.1) is 11.3 Å². The van der Waals surface area contributed by atoms with Crippen molar-refractivity contribution in [3.8, 4) is 11.1 Å². The van der Waals surface area contributed by atoms with Crippen LogP contribution in [-0.4, -0.2) is 12.6 Å². The molecule has 0 saturated carbocycles. The molecule has 0 bridgehead atoms. The molecule has 1 atom stereocenters. The summed E-state index contributed by atoms with van der Waals surface area (Å²) >= 11 is 7.53. The molecule has 0 aliphatic carbocycles. The Morgan fingerprint density at radius 2 is 2.20 bits per heavy atom. The Hall–Kier alpha value is -1.36. The van der Waals surface area contributed by atoms with E-state index in [0.29, 0.717) is 11.6 Å². The predicted molar refractivity (Wildman–Crippen MR) is 82.9 cm³/mol. The van der Waals surface area contributed by atoms with E-state index in [1.807, 2.05) is 35.7 Å². The number of rotatable bonds is 5. The lowest BCUT2D eigenvalue weighted by molar-refractivity contribution is -0.143. The van der Waals surface area contributed by atoms with Crippen molar-refractivity contribution < 1.29 is 9.53 Å². The Morgan fingerprint density at radius 1 is 1.40 bits per heavy atom. The summed E-state index contributed by atoms with van der Waals surface area (Å²) in [5, 5.41) is 2.72. The number of halogens is 1. The smallest absolute Gasteiger partial charge is 0.307 e. The van der Waals surface area contributed by atoms with Crippen LogP contribution in [0.4, 0.5) is 0 Å². The van der Waals surface area contributed by atoms with E-state index in [4.69, 9.17) is 22.1 Å².